The van der Waals surface area contributed by atoms with E-state index in [4.69, 9.17) is 23.2 Å². The molecule has 1 aromatic carbocycles. The molecule has 5 nitrogen and oxygen atoms in total. The number of hydrogen-bond donors (Lipinski definition) is 2. The summed E-state index contributed by atoms with van der Waals surface area (Å²) in [6, 6.07) is 3.82. The molecule has 0 aliphatic carbocycles. The number of aromatic nitrogens is 1. The molecule has 0 saturated heterocycles. The zero-order valence-corrected chi connectivity index (χ0v) is 15.9. The monoisotopic (exact) mass is 392 g/mol. The number of amides is 1. The van der Waals surface area contributed by atoms with Gasteiger partial charge in [-0.1, -0.05) is 29.3 Å². The van der Waals surface area contributed by atoms with Crippen LogP contribution in [0.1, 0.15) is 29.3 Å². The summed E-state index contributed by atoms with van der Waals surface area (Å²) in [6.07, 6.45) is 3.74. The first-order chi connectivity index (χ1) is 12.3. The largest absolute Gasteiger partial charge is 0.503 e. The predicted octanol–water partition coefficient (Wildman–Crippen LogP) is 4.10. The maximum absolute atomic E-state index is 12.6. The molecule has 0 bridgehead atoms. The van der Waals surface area contributed by atoms with Gasteiger partial charge in [0.1, 0.15) is 0 Å². The van der Waals surface area contributed by atoms with Crippen molar-refractivity contribution in [3.63, 3.8) is 0 Å². The van der Waals surface area contributed by atoms with Crippen LogP contribution in [0.3, 0.4) is 0 Å². The number of fused-ring (bicyclic) bond motifs is 1. The number of halogens is 2. The molecule has 1 aromatic heterocycles. The van der Waals surface area contributed by atoms with Gasteiger partial charge in [0, 0.05) is 25.4 Å². The van der Waals surface area contributed by atoms with Crippen molar-refractivity contribution in [2.45, 2.75) is 26.8 Å². The van der Waals surface area contributed by atoms with E-state index in [-0.39, 0.29) is 22.5 Å². The normalized spacial score (nSPS) is 14.3. The first-order valence-electron chi connectivity index (χ1n) is 8.10. The summed E-state index contributed by atoms with van der Waals surface area (Å²) in [5.74, 6) is -1.05. The third-order valence-corrected chi connectivity index (χ3v) is 5.30. The fourth-order valence-corrected chi connectivity index (χ4v) is 3.50. The van der Waals surface area contributed by atoms with Gasteiger partial charge in [0.15, 0.2) is 11.5 Å². The van der Waals surface area contributed by atoms with Crippen LogP contribution in [0.25, 0.3) is 5.57 Å². The van der Waals surface area contributed by atoms with E-state index in [2.05, 4.69) is 4.98 Å². The average molecular weight is 393 g/mol. The zero-order chi connectivity index (χ0) is 19.0. The van der Waals surface area contributed by atoms with Crippen LogP contribution in [-0.2, 0) is 17.8 Å². The van der Waals surface area contributed by atoms with Gasteiger partial charge in [0.2, 0.25) is 5.91 Å². The molecule has 136 valence electrons. The van der Waals surface area contributed by atoms with E-state index >= 15 is 0 Å². The number of allylic oxidation sites excluding steroid dienone is 1. The first-order valence-corrected chi connectivity index (χ1v) is 8.86. The smallest absolute Gasteiger partial charge is 0.247 e. The Labute approximate surface area is 161 Å². The van der Waals surface area contributed by atoms with E-state index in [1.54, 1.807) is 17.2 Å². The molecule has 2 heterocycles. The van der Waals surface area contributed by atoms with Crippen LogP contribution in [0.15, 0.2) is 24.4 Å². The van der Waals surface area contributed by atoms with Gasteiger partial charge in [-0.2, -0.15) is 0 Å². The van der Waals surface area contributed by atoms with Crippen molar-refractivity contribution in [1.29, 1.82) is 0 Å². The molecule has 7 heteroatoms. The van der Waals surface area contributed by atoms with Crippen molar-refractivity contribution in [3.8, 4) is 11.5 Å². The molecule has 0 fully saturated rings. The number of carbonyl (C=O) groups excluding carboxylic acids is 1. The summed E-state index contributed by atoms with van der Waals surface area (Å²) < 4.78 is 0. The van der Waals surface area contributed by atoms with Crippen molar-refractivity contribution < 1.29 is 15.0 Å². The van der Waals surface area contributed by atoms with Crippen LogP contribution in [0.4, 0.5) is 0 Å². The van der Waals surface area contributed by atoms with Crippen LogP contribution >= 0.6 is 23.2 Å². The van der Waals surface area contributed by atoms with Gasteiger partial charge in [-0.05, 0) is 48.6 Å². The van der Waals surface area contributed by atoms with E-state index < -0.39 is 11.5 Å². The fraction of sp³-hybridized carbons (Fsp3) is 0.263. The minimum absolute atomic E-state index is 0.0281. The summed E-state index contributed by atoms with van der Waals surface area (Å²) in [4.78, 5) is 18.6. The molecule has 0 spiro atoms. The number of aromatic hydroxyl groups is 2. The molecule has 0 atom stereocenters. The number of carbonyl (C=O) groups is 1. The Kier molecular flexibility index (Phi) is 5.12. The Morgan fingerprint density at radius 3 is 2.46 bits per heavy atom. The Hall–Kier alpha value is -2.24. The van der Waals surface area contributed by atoms with E-state index in [1.807, 2.05) is 26.0 Å². The van der Waals surface area contributed by atoms with Crippen molar-refractivity contribution in [1.82, 2.24) is 9.88 Å². The topological polar surface area (TPSA) is 73.7 Å². The Morgan fingerprint density at radius 2 is 1.85 bits per heavy atom. The minimum atomic E-state index is -0.458. The number of rotatable bonds is 2. The molecular formula is C19H18Cl2N2O3. The first kappa shape index (κ1) is 18.5. The minimum Gasteiger partial charge on any atom is -0.503 e. The van der Waals surface area contributed by atoms with Crippen LogP contribution in [-0.4, -0.2) is 32.5 Å². The summed E-state index contributed by atoms with van der Waals surface area (Å²) in [6.45, 7) is 4.44. The lowest BCUT2D eigenvalue weighted by Gasteiger charge is -2.30. The molecule has 2 N–H and O–H groups in total. The molecule has 1 amide bonds. The predicted molar refractivity (Wildman–Crippen MR) is 102 cm³/mol. The lowest BCUT2D eigenvalue weighted by Crippen LogP contribution is -2.35. The third-order valence-electron chi connectivity index (χ3n) is 4.48. The maximum Gasteiger partial charge on any atom is 0.247 e. The number of pyridine rings is 1. The second-order valence-electron chi connectivity index (χ2n) is 6.34. The lowest BCUT2D eigenvalue weighted by atomic mass is 9.98. The average Bonchev–Trinajstić information content (AvgIpc) is 2.64. The Bertz CT molecular complexity index is 908. The molecule has 0 radical (unpaired) electrons. The highest BCUT2D eigenvalue weighted by molar-refractivity contribution is 6.36. The molecule has 3 rings (SSSR count). The van der Waals surface area contributed by atoms with E-state index in [0.29, 0.717) is 24.1 Å². The zero-order valence-electron chi connectivity index (χ0n) is 14.4. The van der Waals surface area contributed by atoms with Crippen LogP contribution < -0.4 is 0 Å². The summed E-state index contributed by atoms with van der Waals surface area (Å²) >= 11 is 12.2. The molecule has 1 aliphatic heterocycles. The molecule has 0 saturated carbocycles. The van der Waals surface area contributed by atoms with Gasteiger partial charge in [0.05, 0.1) is 15.7 Å². The number of benzene rings is 1. The molecule has 0 unspecified atom stereocenters. The van der Waals surface area contributed by atoms with Gasteiger partial charge in [0.25, 0.3) is 0 Å². The fourth-order valence-electron chi connectivity index (χ4n) is 2.94. The summed E-state index contributed by atoms with van der Waals surface area (Å²) in [7, 11) is 0. The maximum atomic E-state index is 12.6. The van der Waals surface area contributed by atoms with Gasteiger partial charge in [-0.3, -0.25) is 9.78 Å². The van der Waals surface area contributed by atoms with E-state index in [9.17, 15) is 15.0 Å². The summed E-state index contributed by atoms with van der Waals surface area (Å²) in [5.41, 5.74) is 3.78. The second kappa shape index (κ2) is 7.17. The van der Waals surface area contributed by atoms with Gasteiger partial charge in [-0.15, -0.1) is 0 Å². The highest BCUT2D eigenvalue weighted by Gasteiger charge is 2.28. The second-order valence-corrected chi connectivity index (χ2v) is 7.10. The van der Waals surface area contributed by atoms with Crippen molar-refractivity contribution >= 4 is 34.7 Å². The number of aryl methyl sites for hydroxylation is 1. The van der Waals surface area contributed by atoms with Gasteiger partial charge >= 0.3 is 0 Å². The van der Waals surface area contributed by atoms with E-state index in [0.717, 1.165) is 16.8 Å². The Balaban J connectivity index is 1.85. The Morgan fingerprint density at radius 1 is 1.19 bits per heavy atom. The highest BCUT2D eigenvalue weighted by atomic mass is 35.5. The molecule has 1 aliphatic rings. The third kappa shape index (κ3) is 3.37. The quantitative estimate of drug-likeness (QED) is 0.595. The lowest BCUT2D eigenvalue weighted by molar-refractivity contribution is -0.126. The number of hydrogen-bond acceptors (Lipinski definition) is 4. The van der Waals surface area contributed by atoms with E-state index in [1.165, 1.54) is 0 Å². The molecule has 2 aromatic rings. The van der Waals surface area contributed by atoms with Crippen LogP contribution in [0, 0.1) is 6.92 Å². The summed E-state index contributed by atoms with van der Waals surface area (Å²) in [5, 5.41) is 19.8. The van der Waals surface area contributed by atoms with Crippen molar-refractivity contribution in [3.05, 3.63) is 56.8 Å². The highest BCUT2D eigenvalue weighted by Crippen LogP contribution is 2.46. The van der Waals surface area contributed by atoms with Crippen LogP contribution in [0.2, 0.25) is 10.0 Å². The SMILES string of the molecule is C/C(=C\C(=O)N1CCc2c(Cl)c(O)c(O)c(Cl)c2C1)c1ccc(C)cn1. The van der Waals surface area contributed by atoms with Crippen LogP contribution in [0.5, 0.6) is 11.5 Å². The standard InChI is InChI=1S/C19H18Cl2N2O3/c1-10-3-4-14(22-8-10)11(2)7-15(24)23-6-5-12-13(9-23)17(21)19(26)18(25)16(12)20/h3-4,7-8,25-26H,5-6,9H2,1-2H3/b11-7+. The van der Waals surface area contributed by atoms with Gasteiger partial charge in [-0.25, -0.2) is 0 Å². The molecular weight excluding hydrogens is 375 g/mol. The number of nitrogens with zero attached hydrogens (tertiary/aromatic N) is 2. The van der Waals surface area contributed by atoms with Crippen molar-refractivity contribution in [2.75, 3.05) is 6.54 Å². The van der Waals surface area contributed by atoms with Crippen molar-refractivity contribution in [2.24, 2.45) is 0 Å². The number of phenols is 2. The van der Waals surface area contributed by atoms with Gasteiger partial charge < -0.3 is 15.1 Å². The number of phenolic OH excluding ortho intramolecular Hbond substituents is 2. The molecule has 26 heavy (non-hydrogen) atoms.